The first kappa shape index (κ1) is 19.1. The zero-order valence-corrected chi connectivity index (χ0v) is 16.7. The van der Waals surface area contributed by atoms with E-state index >= 15 is 0 Å². The van der Waals surface area contributed by atoms with Crippen molar-refractivity contribution in [2.75, 3.05) is 13.2 Å². The molecule has 1 aliphatic heterocycles. The maximum atomic E-state index is 12.3. The second kappa shape index (κ2) is 8.40. The first-order valence-electron chi connectivity index (χ1n) is 9.40. The Morgan fingerprint density at radius 2 is 2.00 bits per heavy atom. The third-order valence-electron chi connectivity index (χ3n) is 4.83. The van der Waals surface area contributed by atoms with Gasteiger partial charge in [-0.05, 0) is 55.5 Å². The smallest absolute Gasteiger partial charge is 0.325 e. The fourth-order valence-electron chi connectivity index (χ4n) is 3.62. The molecular weight excluding hydrogens is 386 g/mol. The van der Waals surface area contributed by atoms with Crippen LogP contribution >= 0.6 is 12.2 Å². The fourth-order valence-corrected chi connectivity index (χ4v) is 3.92. The van der Waals surface area contributed by atoms with Crippen LogP contribution < -0.4 is 5.32 Å². The molecule has 4 heterocycles. The number of rotatable bonds is 6. The van der Waals surface area contributed by atoms with Gasteiger partial charge in [0, 0.05) is 36.2 Å². The normalized spacial score (nSPS) is 18.5. The van der Waals surface area contributed by atoms with Crippen LogP contribution in [0.4, 0.5) is 0 Å². The van der Waals surface area contributed by atoms with Crippen molar-refractivity contribution in [3.8, 4) is 5.69 Å². The van der Waals surface area contributed by atoms with Gasteiger partial charge < -0.3 is 19.5 Å². The van der Waals surface area contributed by atoms with E-state index in [1.807, 2.05) is 53.6 Å². The number of esters is 1. The van der Waals surface area contributed by atoms with Crippen LogP contribution in [-0.4, -0.2) is 43.7 Å². The van der Waals surface area contributed by atoms with Crippen molar-refractivity contribution in [3.63, 3.8) is 0 Å². The van der Waals surface area contributed by atoms with Gasteiger partial charge in [0.05, 0.1) is 24.4 Å². The molecule has 0 amide bonds. The third kappa shape index (κ3) is 3.84. The van der Waals surface area contributed by atoms with Gasteiger partial charge in [-0.25, -0.2) is 0 Å². The molecule has 2 atom stereocenters. The molecule has 1 fully saturated rings. The highest BCUT2D eigenvalue weighted by Gasteiger charge is 2.42. The molecule has 148 valence electrons. The fraction of sp³-hybridized carbons (Fsp3) is 0.238. The summed E-state index contributed by atoms with van der Waals surface area (Å²) in [7, 11) is 0. The second-order valence-corrected chi connectivity index (χ2v) is 6.95. The molecule has 7 nitrogen and oxygen atoms in total. The maximum Gasteiger partial charge on any atom is 0.325 e. The Bertz CT molecular complexity index is 993. The van der Waals surface area contributed by atoms with Gasteiger partial charge in [0.1, 0.15) is 6.54 Å². The van der Waals surface area contributed by atoms with Gasteiger partial charge in [0.2, 0.25) is 0 Å². The van der Waals surface area contributed by atoms with Crippen molar-refractivity contribution < 1.29 is 9.53 Å². The topological polar surface area (TPSA) is 72.3 Å². The Kier molecular flexibility index (Phi) is 5.53. The number of nitrogens with one attached hydrogen (secondary N) is 1. The van der Waals surface area contributed by atoms with Crippen LogP contribution in [0.3, 0.4) is 0 Å². The highest BCUT2D eigenvalue weighted by Crippen LogP contribution is 2.39. The standard InChI is InChI=1S/C21H21N5O2S/c1-2-28-18(27)14-26-20(19(24-21(26)29)16-6-3-4-10-23-16)17-7-5-13-25(17)15-8-11-22-12-9-15/h3-13,19-20H,2,14H2,1H3,(H,24,29)/t19-,20-/m0/s1. The van der Waals surface area contributed by atoms with E-state index in [2.05, 4.69) is 19.9 Å². The largest absolute Gasteiger partial charge is 0.465 e. The molecule has 0 spiro atoms. The molecule has 1 saturated heterocycles. The quantitative estimate of drug-likeness (QED) is 0.498. The number of pyridine rings is 2. The van der Waals surface area contributed by atoms with Crippen molar-refractivity contribution >= 4 is 23.3 Å². The molecule has 8 heteroatoms. The highest BCUT2D eigenvalue weighted by molar-refractivity contribution is 7.80. The summed E-state index contributed by atoms with van der Waals surface area (Å²) in [6.45, 7) is 2.19. The SMILES string of the molecule is CCOC(=O)CN1C(=S)N[C@@H](c2ccccn2)[C@@H]1c1cccn1-c1ccncc1. The molecule has 1 N–H and O–H groups in total. The van der Waals surface area contributed by atoms with E-state index in [-0.39, 0.29) is 24.6 Å². The molecule has 1 aliphatic rings. The number of ether oxygens (including phenoxy) is 1. The van der Waals surface area contributed by atoms with Gasteiger partial charge in [-0.15, -0.1) is 0 Å². The van der Waals surface area contributed by atoms with Crippen LogP contribution in [0.1, 0.15) is 30.4 Å². The molecule has 29 heavy (non-hydrogen) atoms. The Balaban J connectivity index is 1.77. The molecular formula is C21H21N5O2S. The van der Waals surface area contributed by atoms with Gasteiger partial charge in [0.25, 0.3) is 0 Å². The summed E-state index contributed by atoms with van der Waals surface area (Å²) >= 11 is 5.59. The number of thiocarbonyl (C=S) groups is 1. The van der Waals surface area contributed by atoms with Gasteiger partial charge in [-0.1, -0.05) is 6.07 Å². The summed E-state index contributed by atoms with van der Waals surface area (Å²) in [5, 5.41) is 3.85. The van der Waals surface area contributed by atoms with Crippen LogP contribution in [0.5, 0.6) is 0 Å². The highest BCUT2D eigenvalue weighted by atomic mass is 32.1. The predicted molar refractivity (Wildman–Crippen MR) is 112 cm³/mol. The zero-order chi connectivity index (χ0) is 20.2. The molecule has 3 aromatic heterocycles. The summed E-state index contributed by atoms with van der Waals surface area (Å²) in [5.74, 6) is -0.315. The van der Waals surface area contributed by atoms with Gasteiger partial charge in [0.15, 0.2) is 5.11 Å². The van der Waals surface area contributed by atoms with E-state index in [1.165, 1.54) is 0 Å². The number of carbonyl (C=O) groups excluding carboxylic acids is 1. The van der Waals surface area contributed by atoms with Crippen LogP contribution in [0, 0.1) is 0 Å². The number of hydrogen-bond donors (Lipinski definition) is 1. The predicted octanol–water partition coefficient (Wildman–Crippen LogP) is 2.80. The lowest BCUT2D eigenvalue weighted by atomic mass is 10.0. The lowest BCUT2D eigenvalue weighted by Crippen LogP contribution is -2.36. The molecule has 0 radical (unpaired) electrons. The van der Waals surface area contributed by atoms with Crippen molar-refractivity contribution in [2.24, 2.45) is 0 Å². The van der Waals surface area contributed by atoms with E-state index in [0.717, 1.165) is 17.1 Å². The van der Waals surface area contributed by atoms with Gasteiger partial charge in [-0.3, -0.25) is 14.8 Å². The van der Waals surface area contributed by atoms with E-state index in [9.17, 15) is 4.79 Å². The monoisotopic (exact) mass is 407 g/mol. The lowest BCUT2D eigenvalue weighted by Gasteiger charge is -2.28. The Labute approximate surface area is 174 Å². The molecule has 0 aromatic carbocycles. The number of hydrogen-bond acceptors (Lipinski definition) is 5. The average molecular weight is 407 g/mol. The van der Waals surface area contributed by atoms with E-state index in [4.69, 9.17) is 17.0 Å². The molecule has 0 unspecified atom stereocenters. The Morgan fingerprint density at radius 1 is 1.17 bits per heavy atom. The number of carbonyl (C=O) groups is 1. The number of nitrogens with zero attached hydrogens (tertiary/aromatic N) is 4. The first-order valence-corrected chi connectivity index (χ1v) is 9.81. The maximum absolute atomic E-state index is 12.3. The summed E-state index contributed by atoms with van der Waals surface area (Å²) in [5.41, 5.74) is 2.82. The van der Waals surface area contributed by atoms with Crippen molar-refractivity contribution in [2.45, 2.75) is 19.0 Å². The summed E-state index contributed by atoms with van der Waals surface area (Å²) in [4.78, 5) is 22.8. The molecule has 0 saturated carbocycles. The minimum Gasteiger partial charge on any atom is -0.465 e. The minimum atomic E-state index is -0.315. The van der Waals surface area contributed by atoms with Gasteiger partial charge in [-0.2, -0.15) is 0 Å². The van der Waals surface area contributed by atoms with Crippen LogP contribution in [0.2, 0.25) is 0 Å². The second-order valence-electron chi connectivity index (χ2n) is 6.57. The van der Waals surface area contributed by atoms with Crippen LogP contribution in [0.25, 0.3) is 5.69 Å². The van der Waals surface area contributed by atoms with Gasteiger partial charge >= 0.3 is 5.97 Å². The Hall–Kier alpha value is -3.26. The molecule has 4 rings (SSSR count). The molecule has 3 aromatic rings. The number of aromatic nitrogens is 3. The van der Waals surface area contributed by atoms with E-state index in [0.29, 0.717) is 11.7 Å². The zero-order valence-electron chi connectivity index (χ0n) is 15.9. The summed E-state index contributed by atoms with van der Waals surface area (Å²) < 4.78 is 7.25. The van der Waals surface area contributed by atoms with Crippen molar-refractivity contribution in [1.82, 2.24) is 24.8 Å². The van der Waals surface area contributed by atoms with Crippen molar-refractivity contribution in [1.29, 1.82) is 0 Å². The van der Waals surface area contributed by atoms with Crippen LogP contribution in [-0.2, 0) is 9.53 Å². The van der Waals surface area contributed by atoms with Crippen LogP contribution in [0.15, 0.2) is 67.3 Å². The minimum absolute atomic E-state index is 0.0647. The summed E-state index contributed by atoms with van der Waals surface area (Å²) in [6, 6.07) is 13.2. The van der Waals surface area contributed by atoms with Crippen molar-refractivity contribution in [3.05, 3.63) is 78.6 Å². The lowest BCUT2D eigenvalue weighted by molar-refractivity contribution is -0.143. The molecule has 0 bridgehead atoms. The molecule has 0 aliphatic carbocycles. The van der Waals surface area contributed by atoms with E-state index in [1.54, 1.807) is 25.5 Å². The van der Waals surface area contributed by atoms with E-state index < -0.39 is 0 Å². The average Bonchev–Trinajstić information content (AvgIpc) is 3.34. The summed E-state index contributed by atoms with van der Waals surface area (Å²) in [6.07, 6.45) is 7.25. The third-order valence-corrected chi connectivity index (χ3v) is 5.18. The first-order chi connectivity index (χ1) is 14.2. The Morgan fingerprint density at radius 3 is 2.72 bits per heavy atom.